The molecule has 1 N–H and O–H groups in total. The molecule has 1 aliphatic rings. The highest BCUT2D eigenvalue weighted by Gasteiger charge is 2.20. The van der Waals surface area contributed by atoms with Gasteiger partial charge in [0, 0.05) is 25.4 Å². The molecule has 1 aromatic carbocycles. The summed E-state index contributed by atoms with van der Waals surface area (Å²) in [7, 11) is 0. The molecular formula is C15H19N3O. The van der Waals surface area contributed by atoms with Gasteiger partial charge in [-0.2, -0.15) is 4.98 Å². The maximum atomic E-state index is 5.25. The molecule has 19 heavy (non-hydrogen) atoms. The summed E-state index contributed by atoms with van der Waals surface area (Å²) < 4.78 is 5.25. The zero-order valence-corrected chi connectivity index (χ0v) is 11.0. The number of rotatable bonds is 7. The van der Waals surface area contributed by atoms with E-state index >= 15 is 0 Å². The lowest BCUT2D eigenvalue weighted by Gasteiger charge is -1.97. The van der Waals surface area contributed by atoms with Crippen LogP contribution < -0.4 is 5.32 Å². The highest BCUT2D eigenvalue weighted by molar-refractivity contribution is 5.15. The Kier molecular flexibility index (Phi) is 3.89. The minimum atomic E-state index is 0.737. The van der Waals surface area contributed by atoms with Crippen LogP contribution in [0.15, 0.2) is 34.9 Å². The van der Waals surface area contributed by atoms with E-state index in [9.17, 15) is 0 Å². The van der Waals surface area contributed by atoms with Crippen molar-refractivity contribution < 1.29 is 4.52 Å². The van der Waals surface area contributed by atoms with Crippen molar-refractivity contribution in [2.24, 2.45) is 0 Å². The summed E-state index contributed by atoms with van der Waals surface area (Å²) in [5, 5.41) is 7.48. The zero-order valence-electron chi connectivity index (χ0n) is 11.0. The van der Waals surface area contributed by atoms with Crippen molar-refractivity contribution in [1.29, 1.82) is 0 Å². The molecule has 0 amide bonds. The Labute approximate surface area is 113 Å². The van der Waals surface area contributed by atoms with E-state index in [2.05, 4.69) is 39.7 Å². The number of hydrogen-bond donors (Lipinski definition) is 1. The van der Waals surface area contributed by atoms with Gasteiger partial charge in [-0.1, -0.05) is 35.5 Å². The Bertz CT molecular complexity index is 505. The van der Waals surface area contributed by atoms with Crippen molar-refractivity contribution in [2.45, 2.75) is 38.1 Å². The highest BCUT2D eigenvalue weighted by Crippen LogP contribution is 2.18. The quantitative estimate of drug-likeness (QED) is 0.825. The SMILES string of the molecule is c1ccc(CCc2noc(CCNC3CC3)n2)cc1. The number of aromatic nitrogens is 2. The molecule has 2 aromatic rings. The van der Waals surface area contributed by atoms with Crippen LogP contribution in [0.3, 0.4) is 0 Å². The van der Waals surface area contributed by atoms with Crippen LogP contribution in [-0.2, 0) is 19.3 Å². The molecule has 0 spiro atoms. The predicted octanol–water partition coefficient (Wildman–Crippen LogP) is 2.15. The minimum absolute atomic E-state index is 0.737. The molecule has 1 heterocycles. The molecule has 1 aliphatic carbocycles. The summed E-state index contributed by atoms with van der Waals surface area (Å²) >= 11 is 0. The summed E-state index contributed by atoms with van der Waals surface area (Å²) in [5.41, 5.74) is 1.31. The third kappa shape index (κ3) is 3.89. The van der Waals surface area contributed by atoms with Crippen LogP contribution in [0.25, 0.3) is 0 Å². The first-order valence-corrected chi connectivity index (χ1v) is 6.99. The summed E-state index contributed by atoms with van der Waals surface area (Å²) in [6.07, 6.45) is 5.25. The van der Waals surface area contributed by atoms with Crippen LogP contribution >= 0.6 is 0 Å². The van der Waals surface area contributed by atoms with Gasteiger partial charge in [-0.25, -0.2) is 0 Å². The third-order valence-electron chi connectivity index (χ3n) is 3.34. The standard InChI is InChI=1S/C15H19N3O/c1-2-4-12(5-3-1)6-9-14-17-15(19-18-14)10-11-16-13-7-8-13/h1-5,13,16H,6-11H2. The summed E-state index contributed by atoms with van der Waals surface area (Å²) in [6.45, 7) is 0.936. The lowest BCUT2D eigenvalue weighted by molar-refractivity contribution is 0.370. The van der Waals surface area contributed by atoms with Gasteiger partial charge < -0.3 is 9.84 Å². The maximum Gasteiger partial charge on any atom is 0.227 e. The van der Waals surface area contributed by atoms with Crippen molar-refractivity contribution in [2.75, 3.05) is 6.54 Å². The fraction of sp³-hybridized carbons (Fsp3) is 0.467. The number of nitrogens with zero attached hydrogens (tertiary/aromatic N) is 2. The average molecular weight is 257 g/mol. The molecular weight excluding hydrogens is 238 g/mol. The van der Waals surface area contributed by atoms with Crippen LogP contribution in [0.4, 0.5) is 0 Å². The van der Waals surface area contributed by atoms with E-state index in [4.69, 9.17) is 4.52 Å². The van der Waals surface area contributed by atoms with Gasteiger partial charge in [0.2, 0.25) is 5.89 Å². The third-order valence-corrected chi connectivity index (χ3v) is 3.34. The molecule has 0 aliphatic heterocycles. The van der Waals surface area contributed by atoms with Crippen LogP contribution in [-0.4, -0.2) is 22.7 Å². The molecule has 1 fully saturated rings. The van der Waals surface area contributed by atoms with Crippen molar-refractivity contribution >= 4 is 0 Å². The van der Waals surface area contributed by atoms with E-state index in [1.54, 1.807) is 0 Å². The van der Waals surface area contributed by atoms with Gasteiger partial charge in [-0.15, -0.1) is 0 Å². The molecule has 0 radical (unpaired) electrons. The smallest absolute Gasteiger partial charge is 0.227 e. The van der Waals surface area contributed by atoms with E-state index in [1.165, 1.54) is 18.4 Å². The largest absolute Gasteiger partial charge is 0.339 e. The first-order chi connectivity index (χ1) is 9.40. The normalized spacial score (nSPS) is 14.7. The van der Waals surface area contributed by atoms with Gasteiger partial charge >= 0.3 is 0 Å². The van der Waals surface area contributed by atoms with Crippen molar-refractivity contribution in [3.8, 4) is 0 Å². The lowest BCUT2D eigenvalue weighted by Crippen LogP contribution is -2.19. The van der Waals surface area contributed by atoms with Gasteiger partial charge in [-0.05, 0) is 24.8 Å². The number of benzene rings is 1. The number of nitrogens with one attached hydrogen (secondary N) is 1. The topological polar surface area (TPSA) is 51.0 Å². The molecule has 1 aromatic heterocycles. The second kappa shape index (κ2) is 5.97. The van der Waals surface area contributed by atoms with Crippen molar-refractivity contribution in [3.05, 3.63) is 47.6 Å². The predicted molar refractivity (Wildman–Crippen MR) is 72.9 cm³/mol. The van der Waals surface area contributed by atoms with E-state index in [-0.39, 0.29) is 0 Å². The van der Waals surface area contributed by atoms with E-state index in [1.807, 2.05) is 6.07 Å². The maximum absolute atomic E-state index is 5.25. The Hall–Kier alpha value is -1.68. The lowest BCUT2D eigenvalue weighted by atomic mass is 10.1. The van der Waals surface area contributed by atoms with Gasteiger partial charge in [0.05, 0.1) is 0 Å². The molecule has 0 unspecified atom stereocenters. The highest BCUT2D eigenvalue weighted by atomic mass is 16.5. The van der Waals surface area contributed by atoms with Gasteiger partial charge in [0.1, 0.15) is 0 Å². The monoisotopic (exact) mass is 257 g/mol. The summed E-state index contributed by atoms with van der Waals surface area (Å²) in [4.78, 5) is 4.42. The van der Waals surface area contributed by atoms with Crippen LogP contribution in [0, 0.1) is 0 Å². The molecule has 4 heteroatoms. The molecule has 4 nitrogen and oxygen atoms in total. The first kappa shape index (κ1) is 12.4. The van der Waals surface area contributed by atoms with Crippen LogP contribution in [0.5, 0.6) is 0 Å². The first-order valence-electron chi connectivity index (χ1n) is 6.99. The second-order valence-electron chi connectivity index (χ2n) is 5.07. The molecule has 1 saturated carbocycles. The van der Waals surface area contributed by atoms with Crippen LogP contribution in [0.2, 0.25) is 0 Å². The molecule has 0 atom stereocenters. The number of hydrogen-bond acceptors (Lipinski definition) is 4. The average Bonchev–Trinajstić information content (AvgIpc) is 3.16. The fourth-order valence-corrected chi connectivity index (χ4v) is 2.06. The fourth-order valence-electron chi connectivity index (χ4n) is 2.06. The van der Waals surface area contributed by atoms with Gasteiger partial charge in [0.15, 0.2) is 5.82 Å². The van der Waals surface area contributed by atoms with Gasteiger partial charge in [-0.3, -0.25) is 0 Å². The van der Waals surface area contributed by atoms with Crippen molar-refractivity contribution in [3.63, 3.8) is 0 Å². The Morgan fingerprint density at radius 1 is 1.11 bits per heavy atom. The van der Waals surface area contributed by atoms with Gasteiger partial charge in [0.25, 0.3) is 0 Å². The minimum Gasteiger partial charge on any atom is -0.339 e. The van der Waals surface area contributed by atoms with Crippen LogP contribution in [0.1, 0.15) is 30.1 Å². The Morgan fingerprint density at radius 2 is 1.95 bits per heavy atom. The van der Waals surface area contributed by atoms with E-state index in [0.717, 1.165) is 43.6 Å². The Balaban J connectivity index is 1.44. The molecule has 3 rings (SSSR count). The zero-order chi connectivity index (χ0) is 12.9. The molecule has 0 bridgehead atoms. The second-order valence-corrected chi connectivity index (χ2v) is 5.07. The summed E-state index contributed by atoms with van der Waals surface area (Å²) in [6, 6.07) is 11.1. The van der Waals surface area contributed by atoms with E-state index < -0.39 is 0 Å². The summed E-state index contributed by atoms with van der Waals surface area (Å²) in [5.74, 6) is 1.56. The van der Waals surface area contributed by atoms with Crippen molar-refractivity contribution in [1.82, 2.24) is 15.5 Å². The molecule has 100 valence electrons. The van der Waals surface area contributed by atoms with E-state index in [0.29, 0.717) is 0 Å². The molecule has 0 saturated heterocycles. The number of aryl methyl sites for hydroxylation is 2. The Morgan fingerprint density at radius 3 is 2.74 bits per heavy atom.